The first-order valence-corrected chi connectivity index (χ1v) is 5.34. The normalized spacial score (nSPS) is 29.3. The minimum absolute atomic E-state index is 0.0962. The van der Waals surface area contributed by atoms with Crippen LogP contribution in [0.4, 0.5) is 5.69 Å². The molecule has 0 spiro atoms. The summed E-state index contributed by atoms with van der Waals surface area (Å²) >= 11 is 0. The maximum Gasteiger partial charge on any atom is 0.333 e. The molecule has 18 heavy (non-hydrogen) atoms. The van der Waals surface area contributed by atoms with Gasteiger partial charge in [-0.05, 0) is 0 Å². The van der Waals surface area contributed by atoms with Crippen molar-refractivity contribution < 1.29 is 14.6 Å². The van der Waals surface area contributed by atoms with Crippen molar-refractivity contribution in [3.8, 4) is 5.88 Å². The third-order valence-corrected chi connectivity index (χ3v) is 3.01. The lowest BCUT2D eigenvalue weighted by atomic mass is 10.2. The molecule has 2 aliphatic heterocycles. The van der Waals surface area contributed by atoms with Crippen LogP contribution in [-0.4, -0.2) is 33.5 Å². The first-order valence-electron chi connectivity index (χ1n) is 5.34. The smallest absolute Gasteiger partial charge is 0.333 e. The monoisotopic (exact) mass is 254 g/mol. The highest BCUT2D eigenvalue weighted by Gasteiger charge is 2.41. The fourth-order valence-corrected chi connectivity index (χ4v) is 2.23. The number of hydrogen-bond acceptors (Lipinski definition) is 7. The van der Waals surface area contributed by atoms with Crippen LogP contribution in [0, 0.1) is 5.53 Å². The van der Waals surface area contributed by atoms with Crippen molar-refractivity contribution in [2.24, 2.45) is 5.11 Å². The van der Waals surface area contributed by atoms with Gasteiger partial charge < -0.3 is 14.6 Å². The van der Waals surface area contributed by atoms with E-state index in [0.29, 0.717) is 6.42 Å². The summed E-state index contributed by atoms with van der Waals surface area (Å²) in [5.41, 5.74) is 5.10. The summed E-state index contributed by atoms with van der Waals surface area (Å²) in [7, 11) is 0. The first kappa shape index (κ1) is 11.1. The molecule has 96 valence electrons. The van der Waals surface area contributed by atoms with Crippen molar-refractivity contribution in [2.45, 2.75) is 24.9 Å². The Balaban J connectivity index is 2.30. The molecule has 1 aromatic rings. The topological polar surface area (TPSA) is 130 Å². The third kappa shape index (κ3) is 1.41. The Kier molecular flexibility index (Phi) is 2.31. The van der Waals surface area contributed by atoms with Crippen LogP contribution < -0.4 is 16.0 Å². The van der Waals surface area contributed by atoms with Crippen LogP contribution in [0.3, 0.4) is 0 Å². The van der Waals surface area contributed by atoms with E-state index in [1.54, 1.807) is 0 Å². The van der Waals surface area contributed by atoms with E-state index in [2.05, 4.69) is 5.11 Å². The standard InChI is InChI=1S/C9H10N4O5/c10-12-5-6(15)11-9(16)13-7-4(14)1-3(18-7)2-17-8(5)13/h3-4,7,10,14H,1-2H2,(H,11,15,16)/t3-,4?,7+/m0/s1. The number of aliphatic hydroxyl groups is 1. The summed E-state index contributed by atoms with van der Waals surface area (Å²) in [6, 6.07) is 0. The van der Waals surface area contributed by atoms with E-state index >= 15 is 0 Å². The number of hydrogen-bond donors (Lipinski definition) is 3. The highest BCUT2D eigenvalue weighted by atomic mass is 16.6. The molecule has 0 aliphatic carbocycles. The van der Waals surface area contributed by atoms with Gasteiger partial charge in [0.1, 0.15) is 12.7 Å². The molecule has 1 fully saturated rings. The zero-order valence-electron chi connectivity index (χ0n) is 9.12. The summed E-state index contributed by atoms with van der Waals surface area (Å²) in [5, 5.41) is 12.9. The molecule has 1 saturated heterocycles. The molecule has 1 aromatic heterocycles. The van der Waals surface area contributed by atoms with Crippen LogP contribution in [-0.2, 0) is 4.74 Å². The molecule has 1 unspecified atom stereocenters. The van der Waals surface area contributed by atoms with Gasteiger partial charge in [-0.3, -0.25) is 9.78 Å². The summed E-state index contributed by atoms with van der Waals surface area (Å²) in [6.45, 7) is 0.0962. The van der Waals surface area contributed by atoms with Crippen molar-refractivity contribution in [3.05, 3.63) is 20.8 Å². The minimum atomic E-state index is -0.919. The van der Waals surface area contributed by atoms with Crippen molar-refractivity contribution in [2.75, 3.05) is 6.61 Å². The predicted molar refractivity (Wildman–Crippen MR) is 56.2 cm³/mol. The number of nitrogens with zero attached hydrogens (tertiary/aromatic N) is 2. The number of rotatable bonds is 1. The Morgan fingerprint density at radius 2 is 2.28 bits per heavy atom. The summed E-state index contributed by atoms with van der Waals surface area (Å²) in [4.78, 5) is 25.3. The lowest BCUT2D eigenvalue weighted by Gasteiger charge is -2.19. The molecule has 3 atom stereocenters. The van der Waals surface area contributed by atoms with Crippen LogP contribution >= 0.6 is 0 Å². The Hall–Kier alpha value is -2.00. The molecule has 2 aliphatic rings. The lowest BCUT2D eigenvalue weighted by molar-refractivity contribution is -0.0336. The molecular weight excluding hydrogens is 244 g/mol. The molecule has 3 N–H and O–H groups in total. The lowest BCUT2D eigenvalue weighted by Crippen LogP contribution is -2.36. The average Bonchev–Trinajstić information content (AvgIpc) is 2.56. The molecule has 3 heterocycles. The summed E-state index contributed by atoms with van der Waals surface area (Å²) in [6.07, 6.45) is -1.78. The number of aromatic amines is 1. The van der Waals surface area contributed by atoms with E-state index in [1.165, 1.54) is 0 Å². The van der Waals surface area contributed by atoms with Crippen LogP contribution in [0.25, 0.3) is 0 Å². The number of aliphatic hydroxyl groups excluding tert-OH is 1. The third-order valence-electron chi connectivity index (χ3n) is 3.01. The molecular formula is C9H10N4O5. The number of H-pyrrole nitrogens is 1. The SMILES string of the molecule is N=Nc1c2n(c(=O)[nH]c1=O)[C@@H]1O[C@H](CO2)CC1O. The summed E-state index contributed by atoms with van der Waals surface area (Å²) < 4.78 is 11.7. The maximum atomic E-state index is 11.8. The van der Waals surface area contributed by atoms with E-state index in [-0.39, 0.29) is 24.3 Å². The van der Waals surface area contributed by atoms with Gasteiger partial charge in [-0.2, -0.15) is 0 Å². The molecule has 3 rings (SSSR count). The zero-order valence-corrected chi connectivity index (χ0v) is 9.12. The van der Waals surface area contributed by atoms with Gasteiger partial charge in [0.25, 0.3) is 5.56 Å². The van der Waals surface area contributed by atoms with Crippen molar-refractivity contribution in [1.82, 2.24) is 9.55 Å². The number of aromatic nitrogens is 2. The molecule has 0 saturated carbocycles. The van der Waals surface area contributed by atoms with Gasteiger partial charge in [-0.25, -0.2) is 14.9 Å². The minimum Gasteiger partial charge on any atom is -0.474 e. The van der Waals surface area contributed by atoms with Gasteiger partial charge in [0.15, 0.2) is 6.23 Å². The average molecular weight is 254 g/mol. The van der Waals surface area contributed by atoms with Crippen LogP contribution in [0.5, 0.6) is 5.88 Å². The van der Waals surface area contributed by atoms with Crippen LogP contribution in [0.1, 0.15) is 12.6 Å². The van der Waals surface area contributed by atoms with Gasteiger partial charge in [-0.1, -0.05) is 0 Å². The first-order chi connectivity index (χ1) is 8.61. The van der Waals surface area contributed by atoms with Gasteiger partial charge in [-0.15, -0.1) is 5.11 Å². The van der Waals surface area contributed by atoms with Gasteiger partial charge in [0.05, 0.1) is 6.10 Å². The summed E-state index contributed by atoms with van der Waals surface area (Å²) in [5.74, 6) is -0.134. The second-order valence-electron chi connectivity index (χ2n) is 4.16. The molecule has 0 aromatic carbocycles. The number of ether oxygens (including phenoxy) is 2. The fraction of sp³-hybridized carbons (Fsp3) is 0.556. The van der Waals surface area contributed by atoms with E-state index in [1.807, 2.05) is 4.98 Å². The Bertz CT molecular complexity index is 620. The number of fused-ring (bicyclic) bond motifs is 4. The molecule has 2 bridgehead atoms. The van der Waals surface area contributed by atoms with E-state index in [9.17, 15) is 14.7 Å². The Morgan fingerprint density at radius 1 is 1.50 bits per heavy atom. The van der Waals surface area contributed by atoms with E-state index in [0.717, 1.165) is 4.57 Å². The van der Waals surface area contributed by atoms with Crippen LogP contribution in [0.15, 0.2) is 14.7 Å². The second kappa shape index (κ2) is 3.75. The van der Waals surface area contributed by atoms with Crippen molar-refractivity contribution in [1.29, 1.82) is 5.53 Å². The van der Waals surface area contributed by atoms with Crippen molar-refractivity contribution in [3.63, 3.8) is 0 Å². The predicted octanol–water partition coefficient (Wildman–Crippen LogP) is -0.760. The zero-order chi connectivity index (χ0) is 12.9. The Labute approximate surface area is 99.5 Å². The molecule has 9 nitrogen and oxygen atoms in total. The largest absolute Gasteiger partial charge is 0.474 e. The quantitative estimate of drug-likeness (QED) is 0.567. The maximum absolute atomic E-state index is 11.8. The second-order valence-corrected chi connectivity index (χ2v) is 4.16. The molecule has 0 amide bonds. The van der Waals surface area contributed by atoms with E-state index in [4.69, 9.17) is 15.0 Å². The van der Waals surface area contributed by atoms with Gasteiger partial charge in [0, 0.05) is 6.42 Å². The Morgan fingerprint density at radius 3 is 3.00 bits per heavy atom. The molecule has 0 radical (unpaired) electrons. The van der Waals surface area contributed by atoms with Gasteiger partial charge >= 0.3 is 5.69 Å². The van der Waals surface area contributed by atoms with Crippen molar-refractivity contribution >= 4 is 5.69 Å². The number of nitrogens with one attached hydrogen (secondary N) is 2. The molecule has 9 heteroatoms. The highest BCUT2D eigenvalue weighted by Crippen LogP contribution is 2.36. The highest BCUT2D eigenvalue weighted by molar-refractivity contribution is 5.44. The van der Waals surface area contributed by atoms with E-state index < -0.39 is 23.6 Å². The van der Waals surface area contributed by atoms with Gasteiger partial charge in [0.2, 0.25) is 11.6 Å². The van der Waals surface area contributed by atoms with Crippen LogP contribution in [0.2, 0.25) is 0 Å². The fourth-order valence-electron chi connectivity index (χ4n) is 2.23.